The molecule has 52 heavy (non-hydrogen) atoms. The number of methoxy groups -OCH3 is 1. The van der Waals surface area contributed by atoms with Crippen LogP contribution in [0, 0.1) is 5.41 Å². The molecule has 1 N–H and O–H groups in total. The predicted octanol–water partition coefficient (Wildman–Crippen LogP) is 5.61. The number of alkyl halides is 3. The lowest BCUT2D eigenvalue weighted by Crippen LogP contribution is -2.53. The molecule has 4 aromatic rings. The Labute approximate surface area is 300 Å². The van der Waals surface area contributed by atoms with Crippen LogP contribution in [0.2, 0.25) is 0 Å². The van der Waals surface area contributed by atoms with Gasteiger partial charge in [-0.3, -0.25) is 9.69 Å². The summed E-state index contributed by atoms with van der Waals surface area (Å²) in [5.41, 5.74) is 1.60. The normalized spacial score (nSPS) is 17.8. The van der Waals surface area contributed by atoms with Crippen molar-refractivity contribution in [2.75, 3.05) is 76.5 Å². The van der Waals surface area contributed by atoms with Gasteiger partial charge in [0.05, 0.1) is 50.1 Å². The lowest BCUT2D eigenvalue weighted by atomic mass is 9.86. The van der Waals surface area contributed by atoms with Gasteiger partial charge in [-0.1, -0.05) is 12.8 Å². The van der Waals surface area contributed by atoms with E-state index in [9.17, 15) is 18.0 Å². The van der Waals surface area contributed by atoms with Crippen molar-refractivity contribution in [1.82, 2.24) is 34.8 Å². The number of esters is 1. The molecule has 1 saturated carbocycles. The van der Waals surface area contributed by atoms with Crippen molar-refractivity contribution in [2.24, 2.45) is 5.41 Å². The molecule has 1 atom stereocenters. The summed E-state index contributed by atoms with van der Waals surface area (Å²) in [6, 6.07) is 2.88. The van der Waals surface area contributed by atoms with Crippen LogP contribution in [0.15, 0.2) is 30.7 Å². The van der Waals surface area contributed by atoms with Crippen molar-refractivity contribution in [3.05, 3.63) is 36.3 Å². The minimum Gasteiger partial charge on any atom is -0.478 e. The fraction of sp³-hybridized carbons (Fsp3) is 0.556. The molecule has 2 aliphatic rings. The number of fused-ring (bicyclic) bond motifs is 1. The summed E-state index contributed by atoms with van der Waals surface area (Å²) in [5.74, 6) is 0.419. The van der Waals surface area contributed by atoms with Crippen LogP contribution >= 0.6 is 0 Å². The van der Waals surface area contributed by atoms with E-state index < -0.39 is 17.6 Å². The van der Waals surface area contributed by atoms with Crippen LogP contribution < -0.4 is 14.5 Å². The van der Waals surface area contributed by atoms with Crippen LogP contribution in [0.1, 0.15) is 52.0 Å². The predicted molar refractivity (Wildman–Crippen MR) is 190 cm³/mol. The second-order valence-corrected chi connectivity index (χ2v) is 13.7. The zero-order chi connectivity index (χ0) is 37.0. The maximum atomic E-state index is 14.1. The summed E-state index contributed by atoms with van der Waals surface area (Å²) in [6.45, 7) is 9.43. The van der Waals surface area contributed by atoms with E-state index in [1.54, 1.807) is 39.4 Å². The maximum absolute atomic E-state index is 14.1. The Hall–Kier alpha value is -4.57. The molecule has 0 spiro atoms. The number of imidazole rings is 1. The summed E-state index contributed by atoms with van der Waals surface area (Å²) in [6.07, 6.45) is 4.26. The number of rotatable bonds is 13. The van der Waals surface area contributed by atoms with Crippen LogP contribution in [0.4, 0.5) is 24.7 Å². The molecular formula is C36H46F3N9O4. The first-order valence-electron chi connectivity index (χ1n) is 17.7. The van der Waals surface area contributed by atoms with Crippen molar-refractivity contribution in [3.63, 3.8) is 0 Å². The maximum Gasteiger partial charge on any atom is 0.421 e. The molecule has 5 heterocycles. The van der Waals surface area contributed by atoms with Crippen molar-refractivity contribution >= 4 is 28.6 Å². The lowest BCUT2D eigenvalue weighted by molar-refractivity contribution is -0.144. The molecule has 0 bridgehead atoms. The molecule has 0 unspecified atom stereocenters. The van der Waals surface area contributed by atoms with Gasteiger partial charge in [0.1, 0.15) is 22.6 Å². The highest BCUT2D eigenvalue weighted by atomic mass is 19.4. The van der Waals surface area contributed by atoms with E-state index >= 15 is 0 Å². The Morgan fingerprint density at radius 3 is 2.48 bits per heavy atom. The van der Waals surface area contributed by atoms with E-state index in [4.69, 9.17) is 34.1 Å². The first-order chi connectivity index (χ1) is 24.9. The number of carbonyl (C=O) groups excluding carboxylic acids is 1. The highest BCUT2D eigenvalue weighted by Crippen LogP contribution is 2.42. The first kappa shape index (κ1) is 37.2. The number of carbonyl (C=O) groups is 1. The molecule has 6 rings (SSSR count). The van der Waals surface area contributed by atoms with E-state index in [0.29, 0.717) is 67.9 Å². The van der Waals surface area contributed by atoms with Gasteiger partial charge >= 0.3 is 12.1 Å². The minimum absolute atomic E-state index is 0.0461. The molecule has 1 saturated heterocycles. The molecule has 1 aliphatic heterocycles. The van der Waals surface area contributed by atoms with E-state index in [0.717, 1.165) is 37.4 Å². The Morgan fingerprint density at radius 1 is 1.04 bits per heavy atom. The number of hydrogen-bond donors (Lipinski definition) is 1. The largest absolute Gasteiger partial charge is 0.478 e. The fourth-order valence-corrected chi connectivity index (χ4v) is 7.45. The van der Waals surface area contributed by atoms with Crippen LogP contribution in [0.25, 0.3) is 33.9 Å². The van der Waals surface area contributed by atoms with Crippen molar-refractivity contribution < 1.29 is 32.2 Å². The number of ether oxygens (including phenoxy) is 3. The molecular weight excluding hydrogens is 679 g/mol. The van der Waals surface area contributed by atoms with Gasteiger partial charge in [-0.25, -0.2) is 24.9 Å². The zero-order valence-electron chi connectivity index (χ0n) is 30.3. The van der Waals surface area contributed by atoms with E-state index in [2.05, 4.69) is 31.6 Å². The zero-order valence-corrected chi connectivity index (χ0v) is 30.3. The first-order valence-corrected chi connectivity index (χ1v) is 17.7. The van der Waals surface area contributed by atoms with E-state index in [1.165, 1.54) is 6.20 Å². The molecule has 0 aromatic carbocycles. The number of nitrogens with zero attached hydrogens (tertiary/aromatic N) is 8. The Morgan fingerprint density at radius 2 is 1.83 bits per heavy atom. The van der Waals surface area contributed by atoms with E-state index in [-0.39, 0.29) is 41.8 Å². The van der Waals surface area contributed by atoms with E-state index in [1.807, 2.05) is 7.05 Å². The smallest absolute Gasteiger partial charge is 0.421 e. The van der Waals surface area contributed by atoms with Gasteiger partial charge in [0.15, 0.2) is 11.5 Å². The van der Waals surface area contributed by atoms with Crippen molar-refractivity contribution in [1.29, 1.82) is 0 Å². The summed E-state index contributed by atoms with van der Waals surface area (Å²) >= 11 is 0. The Kier molecular flexibility index (Phi) is 11.1. The summed E-state index contributed by atoms with van der Waals surface area (Å²) in [4.78, 5) is 44.6. The van der Waals surface area contributed by atoms with Crippen molar-refractivity contribution in [3.8, 4) is 28.7 Å². The molecule has 4 aromatic heterocycles. The Balaban J connectivity index is 1.33. The number of nitrogens with one attached hydrogen (secondary N) is 1. The highest BCUT2D eigenvalue weighted by Gasteiger charge is 2.37. The standard InChI is InChI=1S/C36H46F3N9O4/c1-6-51-30(49)20-47-12-13-48(23(3)19-47)29-18-40-27(17-41-29)32-44-31-28(46(4)21-35(22-50-5)10-8-9-11-35)15-26(43-33(31)45-32)24-14-25(36(37,38)39)34(42-16-24)52-7-2/h14-18,23H,6-13,19-22H2,1-5H3,(H,43,44,45)/t23-/m1/s1. The summed E-state index contributed by atoms with van der Waals surface area (Å²) < 4.78 is 58.3. The average molecular weight is 726 g/mol. The van der Waals surface area contributed by atoms with Crippen LogP contribution in [0.3, 0.4) is 0 Å². The van der Waals surface area contributed by atoms with Gasteiger partial charge in [0, 0.05) is 63.6 Å². The average Bonchev–Trinajstić information content (AvgIpc) is 3.75. The van der Waals surface area contributed by atoms with Gasteiger partial charge in [-0.15, -0.1) is 0 Å². The van der Waals surface area contributed by atoms with Gasteiger partial charge in [0.25, 0.3) is 0 Å². The molecule has 2 fully saturated rings. The number of hydrogen-bond acceptors (Lipinski definition) is 12. The quantitative estimate of drug-likeness (QED) is 0.172. The molecule has 16 heteroatoms. The number of pyridine rings is 2. The SMILES string of the molecule is CCOC(=O)CN1CCN(c2cnc(-c3nc4nc(-c5cnc(OCC)c(C(F)(F)F)c5)cc(N(C)CC5(COC)CCCC5)c4[nH]3)cn2)[C@H](C)C1. The number of anilines is 2. The van der Waals surface area contributed by atoms with Crippen LogP contribution in [0.5, 0.6) is 5.88 Å². The van der Waals surface area contributed by atoms with Gasteiger partial charge in [-0.2, -0.15) is 13.2 Å². The topological polar surface area (TPSA) is 135 Å². The third-order valence-corrected chi connectivity index (χ3v) is 9.82. The minimum atomic E-state index is -4.68. The third-order valence-electron chi connectivity index (χ3n) is 9.82. The highest BCUT2D eigenvalue weighted by molar-refractivity contribution is 5.91. The third kappa shape index (κ3) is 8.07. The Bertz CT molecular complexity index is 1850. The molecule has 1 aliphatic carbocycles. The number of aromatic nitrogens is 6. The number of piperazine rings is 1. The fourth-order valence-electron chi connectivity index (χ4n) is 7.45. The van der Waals surface area contributed by atoms with Crippen molar-refractivity contribution in [2.45, 2.75) is 58.7 Å². The molecule has 0 radical (unpaired) electrons. The monoisotopic (exact) mass is 725 g/mol. The lowest BCUT2D eigenvalue weighted by Gasteiger charge is -2.39. The van der Waals surface area contributed by atoms with Crippen LogP contribution in [-0.4, -0.2) is 114 Å². The van der Waals surface area contributed by atoms with Crippen LogP contribution in [-0.2, 0) is 20.4 Å². The van der Waals surface area contributed by atoms with Gasteiger partial charge < -0.3 is 29.0 Å². The number of H-pyrrole nitrogens is 1. The molecule has 280 valence electrons. The van der Waals surface area contributed by atoms with Gasteiger partial charge in [0.2, 0.25) is 5.88 Å². The number of halogens is 3. The summed E-state index contributed by atoms with van der Waals surface area (Å²) in [5, 5.41) is 0. The molecule has 13 nitrogen and oxygen atoms in total. The molecule has 0 amide bonds. The number of aromatic amines is 1. The second-order valence-electron chi connectivity index (χ2n) is 13.7. The van der Waals surface area contributed by atoms with Gasteiger partial charge in [-0.05, 0) is 45.7 Å². The second kappa shape index (κ2) is 15.6. The summed E-state index contributed by atoms with van der Waals surface area (Å²) in [7, 11) is 3.68.